The summed E-state index contributed by atoms with van der Waals surface area (Å²) in [6.45, 7) is 6.09. The van der Waals surface area contributed by atoms with Crippen LogP contribution >= 0.6 is 23.1 Å². The van der Waals surface area contributed by atoms with Gasteiger partial charge in [0, 0.05) is 0 Å². The molecule has 0 unspecified atom stereocenters. The lowest BCUT2D eigenvalue weighted by Crippen LogP contribution is -2.16. The van der Waals surface area contributed by atoms with Gasteiger partial charge in [0.1, 0.15) is 11.3 Å². The molecule has 2 aromatic heterocycles. The van der Waals surface area contributed by atoms with Gasteiger partial charge in [0.15, 0.2) is 5.16 Å². The predicted octanol–water partition coefficient (Wildman–Crippen LogP) is 3.85. The maximum Gasteiger partial charge on any atom is 0.341 e. The predicted molar refractivity (Wildman–Crippen MR) is 110 cm³/mol. The number of ether oxygens (including phenoxy) is 1. The smallest absolute Gasteiger partial charge is 0.341 e. The molecule has 7 nitrogen and oxygen atoms in total. The molecule has 0 radical (unpaired) electrons. The van der Waals surface area contributed by atoms with E-state index < -0.39 is 5.97 Å². The van der Waals surface area contributed by atoms with E-state index in [4.69, 9.17) is 4.74 Å². The summed E-state index contributed by atoms with van der Waals surface area (Å²) in [5.74, 6) is -0.529. The molecule has 0 saturated carbocycles. The van der Waals surface area contributed by atoms with Gasteiger partial charge in [0.05, 0.1) is 23.6 Å². The number of aromatic nitrogens is 3. The number of rotatable bonds is 7. The molecule has 3 rings (SSSR count). The number of thiophene rings is 1. The van der Waals surface area contributed by atoms with E-state index in [1.54, 1.807) is 24.7 Å². The zero-order chi connectivity index (χ0) is 20.1. The van der Waals surface area contributed by atoms with Crippen molar-refractivity contribution in [2.45, 2.75) is 25.9 Å². The van der Waals surface area contributed by atoms with Crippen LogP contribution in [-0.4, -0.2) is 39.0 Å². The van der Waals surface area contributed by atoms with Crippen LogP contribution in [0.4, 0.5) is 5.00 Å². The number of nitrogens with one attached hydrogen (secondary N) is 1. The molecule has 0 fully saturated rings. The molecule has 2 heterocycles. The van der Waals surface area contributed by atoms with Crippen LogP contribution in [0.15, 0.2) is 41.1 Å². The Bertz CT molecular complexity index is 997. The number of hydrogen-bond donors (Lipinski definition) is 1. The van der Waals surface area contributed by atoms with Crippen LogP contribution in [-0.2, 0) is 9.53 Å². The maximum absolute atomic E-state index is 12.4. The first kappa shape index (κ1) is 20.1. The lowest BCUT2D eigenvalue weighted by atomic mass is 10.1. The third-order valence-electron chi connectivity index (χ3n) is 3.87. The molecular formula is C19H20N4O3S2. The number of amides is 1. The molecule has 0 aliphatic carbocycles. The summed E-state index contributed by atoms with van der Waals surface area (Å²) in [6.07, 6.45) is 1.63. The number of carbonyl (C=O) groups is 2. The summed E-state index contributed by atoms with van der Waals surface area (Å²) in [4.78, 5) is 24.3. The molecule has 3 aromatic rings. The monoisotopic (exact) mass is 416 g/mol. The maximum atomic E-state index is 12.4. The van der Waals surface area contributed by atoms with Crippen LogP contribution in [0.1, 0.15) is 28.4 Å². The highest BCUT2D eigenvalue weighted by Gasteiger charge is 2.17. The highest BCUT2D eigenvalue weighted by Crippen LogP contribution is 2.26. The first-order valence-corrected chi connectivity index (χ1v) is 10.5. The van der Waals surface area contributed by atoms with E-state index in [-0.39, 0.29) is 18.3 Å². The Kier molecular flexibility index (Phi) is 6.48. The topological polar surface area (TPSA) is 86.1 Å². The Hall–Kier alpha value is -2.65. The average Bonchev–Trinajstić information content (AvgIpc) is 3.29. The van der Waals surface area contributed by atoms with Gasteiger partial charge in [-0.15, -0.1) is 21.5 Å². The van der Waals surface area contributed by atoms with E-state index in [1.807, 2.05) is 30.5 Å². The Morgan fingerprint density at radius 3 is 2.86 bits per heavy atom. The lowest BCUT2D eigenvalue weighted by molar-refractivity contribution is -0.113. The van der Waals surface area contributed by atoms with Crippen LogP contribution in [0.25, 0.3) is 5.69 Å². The number of thioether (sulfide) groups is 1. The summed E-state index contributed by atoms with van der Waals surface area (Å²) in [6, 6.07) is 7.76. The van der Waals surface area contributed by atoms with Crippen LogP contribution in [0.3, 0.4) is 0 Å². The van der Waals surface area contributed by atoms with Gasteiger partial charge < -0.3 is 10.1 Å². The van der Waals surface area contributed by atoms with E-state index in [9.17, 15) is 9.59 Å². The Labute approximate surface area is 171 Å². The molecule has 0 aliphatic heterocycles. The minimum Gasteiger partial charge on any atom is -0.462 e. The van der Waals surface area contributed by atoms with E-state index >= 15 is 0 Å². The fourth-order valence-corrected chi connectivity index (χ4v) is 4.15. The fourth-order valence-electron chi connectivity index (χ4n) is 2.63. The fraction of sp³-hybridized carbons (Fsp3) is 0.263. The number of esters is 1. The zero-order valence-corrected chi connectivity index (χ0v) is 17.4. The molecule has 9 heteroatoms. The number of benzene rings is 1. The van der Waals surface area contributed by atoms with Gasteiger partial charge in [-0.1, -0.05) is 29.5 Å². The highest BCUT2D eigenvalue weighted by atomic mass is 32.2. The normalized spacial score (nSPS) is 10.7. The van der Waals surface area contributed by atoms with E-state index in [0.29, 0.717) is 15.7 Å². The second-order valence-electron chi connectivity index (χ2n) is 5.99. The second kappa shape index (κ2) is 9.03. The Morgan fingerprint density at radius 2 is 2.11 bits per heavy atom. The van der Waals surface area contributed by atoms with Gasteiger partial charge in [0.2, 0.25) is 5.91 Å². The van der Waals surface area contributed by atoms with Crippen molar-refractivity contribution < 1.29 is 14.3 Å². The quantitative estimate of drug-likeness (QED) is 0.465. The zero-order valence-electron chi connectivity index (χ0n) is 15.8. The highest BCUT2D eigenvalue weighted by molar-refractivity contribution is 7.99. The average molecular weight is 417 g/mol. The summed E-state index contributed by atoms with van der Waals surface area (Å²) < 4.78 is 6.86. The molecule has 146 valence electrons. The van der Waals surface area contributed by atoms with Gasteiger partial charge in [-0.25, -0.2) is 4.79 Å². The number of hydrogen-bond acceptors (Lipinski definition) is 7. The molecule has 1 aromatic carbocycles. The van der Waals surface area contributed by atoms with Crippen LogP contribution in [0.5, 0.6) is 0 Å². The lowest BCUT2D eigenvalue weighted by Gasteiger charge is -2.10. The van der Waals surface area contributed by atoms with Crippen molar-refractivity contribution in [2.75, 3.05) is 17.7 Å². The largest absolute Gasteiger partial charge is 0.462 e. The summed E-state index contributed by atoms with van der Waals surface area (Å²) in [5.41, 5.74) is 3.62. The van der Waals surface area contributed by atoms with Crippen molar-refractivity contribution in [1.82, 2.24) is 14.8 Å². The van der Waals surface area contributed by atoms with Crippen molar-refractivity contribution in [2.24, 2.45) is 0 Å². The van der Waals surface area contributed by atoms with Crippen molar-refractivity contribution in [3.8, 4) is 5.69 Å². The van der Waals surface area contributed by atoms with Gasteiger partial charge >= 0.3 is 5.97 Å². The van der Waals surface area contributed by atoms with E-state index in [2.05, 4.69) is 21.6 Å². The Balaban J connectivity index is 1.66. The number of carbonyl (C=O) groups excluding carboxylic acids is 2. The molecule has 0 aliphatic rings. The molecular weight excluding hydrogens is 396 g/mol. The van der Waals surface area contributed by atoms with Crippen LogP contribution in [0, 0.1) is 13.8 Å². The summed E-state index contributed by atoms with van der Waals surface area (Å²) in [5, 5.41) is 13.7. The third-order valence-corrected chi connectivity index (χ3v) is 5.65. The summed E-state index contributed by atoms with van der Waals surface area (Å²) in [7, 11) is 0. The molecule has 0 saturated heterocycles. The number of nitrogens with zero attached hydrogens (tertiary/aromatic N) is 3. The van der Waals surface area contributed by atoms with Gasteiger partial charge in [-0.05, 0) is 43.8 Å². The van der Waals surface area contributed by atoms with Crippen LogP contribution in [0.2, 0.25) is 0 Å². The standard InChI is InChI=1S/C19H20N4O3S2/c1-4-26-18(25)14-7-8-27-17(14)21-16(24)10-28-19-22-20-11-23(19)15-6-5-12(2)9-13(15)3/h5-9,11H,4,10H2,1-3H3,(H,21,24). The second-order valence-corrected chi connectivity index (χ2v) is 7.85. The number of aryl methyl sites for hydroxylation is 2. The van der Waals surface area contributed by atoms with E-state index in [0.717, 1.165) is 11.3 Å². The molecule has 1 N–H and O–H groups in total. The first-order valence-electron chi connectivity index (χ1n) is 8.64. The molecule has 0 atom stereocenters. The molecule has 28 heavy (non-hydrogen) atoms. The Morgan fingerprint density at radius 1 is 1.29 bits per heavy atom. The third kappa shape index (κ3) is 4.60. The first-order chi connectivity index (χ1) is 13.5. The number of anilines is 1. The van der Waals surface area contributed by atoms with Crippen molar-refractivity contribution in [3.05, 3.63) is 52.7 Å². The molecule has 0 bridgehead atoms. The van der Waals surface area contributed by atoms with Crippen molar-refractivity contribution in [3.63, 3.8) is 0 Å². The van der Waals surface area contributed by atoms with Crippen molar-refractivity contribution in [1.29, 1.82) is 0 Å². The van der Waals surface area contributed by atoms with Gasteiger partial charge in [0.25, 0.3) is 0 Å². The van der Waals surface area contributed by atoms with Gasteiger partial charge in [-0.2, -0.15) is 0 Å². The summed E-state index contributed by atoms with van der Waals surface area (Å²) >= 11 is 2.57. The minimum atomic E-state index is -0.443. The van der Waals surface area contributed by atoms with Gasteiger partial charge in [-0.3, -0.25) is 9.36 Å². The SMILES string of the molecule is CCOC(=O)c1ccsc1NC(=O)CSc1nncn1-c1ccc(C)cc1C. The molecule has 1 amide bonds. The minimum absolute atomic E-state index is 0.143. The van der Waals surface area contributed by atoms with E-state index in [1.165, 1.54) is 28.7 Å². The van der Waals surface area contributed by atoms with Crippen LogP contribution < -0.4 is 5.32 Å². The van der Waals surface area contributed by atoms with Crippen molar-refractivity contribution >= 4 is 40.0 Å². The molecule has 0 spiro atoms.